The molecule has 2 heterocycles. The van der Waals surface area contributed by atoms with Crippen molar-refractivity contribution in [3.8, 4) is 11.5 Å². The second-order valence-electron chi connectivity index (χ2n) is 7.17. The number of hydrogen-bond acceptors (Lipinski definition) is 4. The number of rotatable bonds is 5. The fourth-order valence-electron chi connectivity index (χ4n) is 3.87. The molecule has 0 fully saturated rings. The van der Waals surface area contributed by atoms with E-state index in [1.54, 1.807) is 17.2 Å². The van der Waals surface area contributed by atoms with Crippen molar-refractivity contribution in [1.82, 2.24) is 20.3 Å². The Bertz CT molecular complexity index is 1110. The number of para-hydroxylation sites is 2. The highest BCUT2D eigenvalue weighted by molar-refractivity contribution is 5.90. The Labute approximate surface area is 174 Å². The summed E-state index contributed by atoms with van der Waals surface area (Å²) in [5.74, 6) is 0.880. The molecule has 6 heteroatoms. The number of ether oxygens (including phenoxy) is 1. The first-order valence-corrected chi connectivity index (χ1v) is 9.85. The monoisotopic (exact) mass is 396 g/mol. The molecule has 4 aromatic rings. The number of benzene rings is 3. The van der Waals surface area contributed by atoms with Gasteiger partial charge in [0.25, 0.3) is 0 Å². The molecule has 0 saturated heterocycles. The van der Waals surface area contributed by atoms with Crippen LogP contribution in [0.15, 0.2) is 91.3 Å². The van der Waals surface area contributed by atoms with Crippen molar-refractivity contribution in [1.29, 1.82) is 0 Å². The van der Waals surface area contributed by atoms with Crippen LogP contribution < -0.4 is 10.1 Å². The smallest absolute Gasteiger partial charge is 0.232 e. The Morgan fingerprint density at radius 1 is 0.867 bits per heavy atom. The lowest BCUT2D eigenvalue weighted by atomic mass is 9.87. The number of carbonyl (C=O) groups is 1. The number of fused-ring (bicyclic) bond motifs is 2. The second-order valence-corrected chi connectivity index (χ2v) is 7.17. The Morgan fingerprint density at radius 3 is 2.07 bits per heavy atom. The van der Waals surface area contributed by atoms with Gasteiger partial charge in [0.05, 0.1) is 30.9 Å². The van der Waals surface area contributed by atoms with E-state index in [9.17, 15) is 4.79 Å². The van der Waals surface area contributed by atoms with Crippen LogP contribution in [-0.2, 0) is 11.3 Å². The maximum atomic E-state index is 13.6. The quantitative estimate of drug-likeness (QED) is 0.552. The number of nitrogens with zero attached hydrogens (tertiary/aromatic N) is 3. The van der Waals surface area contributed by atoms with Crippen LogP contribution in [0.2, 0.25) is 0 Å². The topological polar surface area (TPSA) is 69.0 Å². The van der Waals surface area contributed by atoms with Gasteiger partial charge in [0, 0.05) is 11.1 Å². The van der Waals surface area contributed by atoms with E-state index in [1.165, 1.54) is 0 Å². The van der Waals surface area contributed by atoms with E-state index in [4.69, 9.17) is 4.74 Å². The van der Waals surface area contributed by atoms with Gasteiger partial charge in [-0.1, -0.05) is 66.7 Å². The van der Waals surface area contributed by atoms with Crippen LogP contribution in [0.25, 0.3) is 0 Å². The molecule has 1 aliphatic heterocycles. The molecule has 0 saturated carbocycles. The van der Waals surface area contributed by atoms with Crippen LogP contribution in [-0.4, -0.2) is 20.9 Å². The molecule has 5 rings (SSSR count). The Hall–Kier alpha value is -3.93. The SMILES string of the molecule is O=C(N[C@@H](Cn1nccn1)c1ccccc1)C1c2ccccc2Oc2ccccc21. The predicted molar refractivity (Wildman–Crippen MR) is 112 cm³/mol. The van der Waals surface area contributed by atoms with Gasteiger partial charge in [-0.15, -0.1) is 0 Å². The van der Waals surface area contributed by atoms with Gasteiger partial charge in [-0.05, 0) is 17.7 Å². The first-order chi connectivity index (χ1) is 14.8. The van der Waals surface area contributed by atoms with Crippen LogP contribution in [0.4, 0.5) is 0 Å². The van der Waals surface area contributed by atoms with E-state index >= 15 is 0 Å². The average Bonchev–Trinajstić information content (AvgIpc) is 3.30. The van der Waals surface area contributed by atoms with Crippen LogP contribution in [0, 0.1) is 0 Å². The fraction of sp³-hybridized carbons (Fsp3) is 0.125. The zero-order chi connectivity index (χ0) is 20.3. The van der Waals surface area contributed by atoms with Crippen molar-refractivity contribution < 1.29 is 9.53 Å². The van der Waals surface area contributed by atoms with Gasteiger partial charge in [-0.25, -0.2) is 0 Å². The van der Waals surface area contributed by atoms with Crippen LogP contribution >= 0.6 is 0 Å². The van der Waals surface area contributed by atoms with E-state index in [0.29, 0.717) is 18.0 Å². The first-order valence-electron chi connectivity index (χ1n) is 9.85. The summed E-state index contributed by atoms with van der Waals surface area (Å²) in [5.41, 5.74) is 2.72. The van der Waals surface area contributed by atoms with Gasteiger partial charge in [-0.3, -0.25) is 4.79 Å². The highest BCUT2D eigenvalue weighted by Crippen LogP contribution is 2.44. The van der Waals surface area contributed by atoms with Crippen molar-refractivity contribution in [3.05, 3.63) is 108 Å². The highest BCUT2D eigenvalue weighted by Gasteiger charge is 2.33. The molecule has 30 heavy (non-hydrogen) atoms. The Morgan fingerprint density at radius 2 is 1.43 bits per heavy atom. The maximum Gasteiger partial charge on any atom is 0.232 e. The zero-order valence-corrected chi connectivity index (χ0v) is 16.2. The molecule has 0 radical (unpaired) electrons. The van der Waals surface area contributed by atoms with Gasteiger partial charge in [-0.2, -0.15) is 15.0 Å². The number of hydrogen-bond donors (Lipinski definition) is 1. The molecule has 1 N–H and O–H groups in total. The fourth-order valence-corrected chi connectivity index (χ4v) is 3.87. The molecular formula is C24H20N4O2. The molecule has 1 amide bonds. The lowest BCUT2D eigenvalue weighted by Crippen LogP contribution is -2.36. The molecule has 1 aliphatic rings. The maximum absolute atomic E-state index is 13.6. The van der Waals surface area contributed by atoms with E-state index in [2.05, 4.69) is 15.5 Å². The summed E-state index contributed by atoms with van der Waals surface area (Å²) in [4.78, 5) is 15.2. The molecule has 0 aliphatic carbocycles. The van der Waals surface area contributed by atoms with Gasteiger partial charge in [0.2, 0.25) is 5.91 Å². The number of aromatic nitrogens is 3. The molecule has 0 spiro atoms. The Balaban J connectivity index is 1.50. The van der Waals surface area contributed by atoms with E-state index in [-0.39, 0.29) is 11.9 Å². The van der Waals surface area contributed by atoms with Crippen LogP contribution in [0.1, 0.15) is 28.7 Å². The summed E-state index contributed by atoms with van der Waals surface area (Å²) in [5, 5.41) is 11.6. The number of amides is 1. The van der Waals surface area contributed by atoms with Crippen LogP contribution in [0.3, 0.4) is 0 Å². The van der Waals surface area contributed by atoms with E-state index in [1.807, 2.05) is 78.9 Å². The van der Waals surface area contributed by atoms with Crippen molar-refractivity contribution >= 4 is 5.91 Å². The summed E-state index contributed by atoms with van der Waals surface area (Å²) in [7, 11) is 0. The third-order valence-electron chi connectivity index (χ3n) is 5.27. The minimum absolute atomic E-state index is 0.0841. The van der Waals surface area contributed by atoms with Gasteiger partial charge in [0.1, 0.15) is 11.5 Å². The third-order valence-corrected chi connectivity index (χ3v) is 5.27. The van der Waals surface area contributed by atoms with Crippen molar-refractivity contribution in [2.24, 2.45) is 0 Å². The highest BCUT2D eigenvalue weighted by atomic mass is 16.5. The largest absolute Gasteiger partial charge is 0.457 e. The van der Waals surface area contributed by atoms with Crippen molar-refractivity contribution in [2.45, 2.75) is 18.5 Å². The van der Waals surface area contributed by atoms with Gasteiger partial charge >= 0.3 is 0 Å². The predicted octanol–water partition coefficient (Wildman–Crippen LogP) is 4.07. The van der Waals surface area contributed by atoms with E-state index in [0.717, 1.165) is 16.7 Å². The summed E-state index contributed by atoms with van der Waals surface area (Å²) in [6.45, 7) is 0.440. The normalized spacial score (nSPS) is 13.6. The first kappa shape index (κ1) is 18.1. The molecule has 3 aromatic carbocycles. The summed E-state index contributed by atoms with van der Waals surface area (Å²) < 4.78 is 6.03. The average molecular weight is 396 g/mol. The molecule has 1 aromatic heterocycles. The third kappa shape index (κ3) is 3.43. The Kier molecular flexibility index (Phi) is 4.73. The van der Waals surface area contributed by atoms with Gasteiger partial charge < -0.3 is 10.1 Å². The van der Waals surface area contributed by atoms with Crippen LogP contribution in [0.5, 0.6) is 11.5 Å². The lowest BCUT2D eigenvalue weighted by Gasteiger charge is -2.29. The summed E-state index contributed by atoms with van der Waals surface area (Å²) in [6, 6.07) is 25.0. The molecular weight excluding hydrogens is 376 g/mol. The van der Waals surface area contributed by atoms with Crippen molar-refractivity contribution in [2.75, 3.05) is 0 Å². The molecule has 148 valence electrons. The number of nitrogens with one attached hydrogen (secondary N) is 1. The molecule has 6 nitrogen and oxygen atoms in total. The zero-order valence-electron chi connectivity index (χ0n) is 16.2. The number of carbonyl (C=O) groups excluding carboxylic acids is 1. The standard InChI is InChI=1S/C24H20N4O2/c29-24(27-20(16-28-25-14-15-26-28)17-8-2-1-3-9-17)23-18-10-4-6-12-21(18)30-22-13-7-5-11-19(22)23/h1-15,20,23H,16H2,(H,27,29)/t20-/m0/s1. The lowest BCUT2D eigenvalue weighted by molar-refractivity contribution is -0.122. The molecule has 1 atom stereocenters. The van der Waals surface area contributed by atoms with Gasteiger partial charge in [0.15, 0.2) is 0 Å². The van der Waals surface area contributed by atoms with E-state index < -0.39 is 5.92 Å². The minimum atomic E-state index is -0.456. The molecule has 0 bridgehead atoms. The van der Waals surface area contributed by atoms with Crippen molar-refractivity contribution in [3.63, 3.8) is 0 Å². The summed E-state index contributed by atoms with van der Waals surface area (Å²) in [6.07, 6.45) is 3.27. The summed E-state index contributed by atoms with van der Waals surface area (Å²) >= 11 is 0. The minimum Gasteiger partial charge on any atom is -0.457 e. The molecule has 0 unspecified atom stereocenters. The second kappa shape index (κ2) is 7.83.